The number of halogens is 1. The van der Waals surface area contributed by atoms with Gasteiger partial charge in [-0.25, -0.2) is 13.4 Å². The van der Waals surface area contributed by atoms with Crippen LogP contribution in [0, 0.1) is 0 Å². The van der Waals surface area contributed by atoms with Crippen LogP contribution in [0.15, 0.2) is 41.6 Å². The summed E-state index contributed by atoms with van der Waals surface area (Å²) in [5, 5.41) is 10.0. The maximum absolute atomic E-state index is 12.3. The zero-order valence-electron chi connectivity index (χ0n) is 10.9. The van der Waals surface area contributed by atoms with Gasteiger partial charge in [-0.05, 0) is 34.8 Å². The highest BCUT2D eigenvalue weighted by atomic mass is 35.5. The van der Waals surface area contributed by atoms with Crippen molar-refractivity contribution in [3.05, 3.63) is 52.7 Å². The Bertz CT molecular complexity index is 782. The standard InChI is InChI=1S/C13H11BClNO4S/c15-12-6-9-7-20-14(17)11(9)5-10(12)8-21(18,19)13-3-1-2-4-16-13/h1-6,17H,7-8H2. The average Bonchev–Trinajstić information content (AvgIpc) is 2.81. The number of aromatic nitrogens is 1. The van der Waals surface area contributed by atoms with Gasteiger partial charge < -0.3 is 9.68 Å². The predicted octanol–water partition coefficient (Wildman–Crippen LogP) is 0.927. The van der Waals surface area contributed by atoms with E-state index in [1.807, 2.05) is 0 Å². The van der Waals surface area contributed by atoms with Crippen LogP contribution in [0.4, 0.5) is 0 Å². The fraction of sp³-hybridized carbons (Fsp3) is 0.154. The molecule has 5 nitrogen and oxygen atoms in total. The zero-order chi connectivity index (χ0) is 15.0. The molecule has 0 saturated heterocycles. The Labute approximate surface area is 127 Å². The summed E-state index contributed by atoms with van der Waals surface area (Å²) in [6.45, 7) is 0.267. The van der Waals surface area contributed by atoms with Crippen molar-refractivity contribution >= 4 is 34.0 Å². The Morgan fingerprint density at radius 1 is 1.38 bits per heavy atom. The zero-order valence-corrected chi connectivity index (χ0v) is 12.4. The van der Waals surface area contributed by atoms with Crippen molar-refractivity contribution in [1.29, 1.82) is 0 Å². The van der Waals surface area contributed by atoms with Crippen molar-refractivity contribution < 1.29 is 18.1 Å². The van der Waals surface area contributed by atoms with E-state index in [1.54, 1.807) is 24.3 Å². The van der Waals surface area contributed by atoms with Gasteiger partial charge >= 0.3 is 7.12 Å². The van der Waals surface area contributed by atoms with Crippen molar-refractivity contribution in [2.24, 2.45) is 0 Å². The van der Waals surface area contributed by atoms with Crippen LogP contribution in [-0.4, -0.2) is 25.5 Å². The first-order valence-electron chi connectivity index (χ1n) is 6.22. The first-order valence-corrected chi connectivity index (χ1v) is 8.25. The molecule has 0 fully saturated rings. The maximum atomic E-state index is 12.3. The van der Waals surface area contributed by atoms with Crippen LogP contribution < -0.4 is 5.46 Å². The number of nitrogens with zero attached hydrogens (tertiary/aromatic N) is 1. The van der Waals surface area contributed by atoms with Gasteiger partial charge in [0.15, 0.2) is 14.9 Å². The quantitative estimate of drug-likeness (QED) is 0.850. The summed E-state index contributed by atoms with van der Waals surface area (Å²) < 4.78 is 29.7. The lowest BCUT2D eigenvalue weighted by atomic mass is 9.79. The summed E-state index contributed by atoms with van der Waals surface area (Å²) in [7, 11) is -4.62. The second-order valence-corrected chi connectivity index (χ2v) is 7.08. The molecule has 0 saturated carbocycles. The molecular weight excluding hydrogens is 312 g/mol. The fourth-order valence-corrected chi connectivity index (χ4v) is 3.85. The molecule has 0 bridgehead atoms. The molecule has 108 valence electrons. The van der Waals surface area contributed by atoms with E-state index in [0.29, 0.717) is 16.0 Å². The van der Waals surface area contributed by atoms with Crippen molar-refractivity contribution in [1.82, 2.24) is 4.98 Å². The van der Waals surface area contributed by atoms with Crippen molar-refractivity contribution in [3.8, 4) is 0 Å². The van der Waals surface area contributed by atoms with Gasteiger partial charge in [-0.1, -0.05) is 23.7 Å². The van der Waals surface area contributed by atoms with E-state index >= 15 is 0 Å². The summed E-state index contributed by atoms with van der Waals surface area (Å²) >= 11 is 6.13. The molecule has 0 atom stereocenters. The Balaban J connectivity index is 1.98. The van der Waals surface area contributed by atoms with Gasteiger partial charge in [0.1, 0.15) is 0 Å². The molecule has 21 heavy (non-hydrogen) atoms. The summed E-state index contributed by atoms with van der Waals surface area (Å²) in [6, 6.07) is 7.91. The summed E-state index contributed by atoms with van der Waals surface area (Å²) in [6.07, 6.45) is 1.43. The third-order valence-corrected chi connectivity index (χ3v) is 5.19. The first-order chi connectivity index (χ1) is 9.97. The van der Waals surface area contributed by atoms with Crippen LogP contribution in [0.2, 0.25) is 5.02 Å². The molecule has 1 aliphatic rings. The Morgan fingerprint density at radius 2 is 2.19 bits per heavy atom. The van der Waals surface area contributed by atoms with Gasteiger partial charge in [0.2, 0.25) is 0 Å². The van der Waals surface area contributed by atoms with E-state index in [2.05, 4.69) is 4.98 Å². The number of hydrogen-bond acceptors (Lipinski definition) is 5. The maximum Gasteiger partial charge on any atom is 0.491 e. The third kappa shape index (κ3) is 2.82. The molecule has 1 N–H and O–H groups in total. The minimum atomic E-state index is -3.59. The molecule has 1 aromatic carbocycles. The van der Waals surface area contributed by atoms with Crippen molar-refractivity contribution in [2.75, 3.05) is 0 Å². The normalized spacial score (nSPS) is 14.3. The highest BCUT2D eigenvalue weighted by molar-refractivity contribution is 7.90. The third-order valence-electron chi connectivity index (χ3n) is 3.27. The van der Waals surface area contributed by atoms with E-state index in [4.69, 9.17) is 16.3 Å². The van der Waals surface area contributed by atoms with Gasteiger partial charge in [0.25, 0.3) is 0 Å². The Hall–Kier alpha value is -1.41. The van der Waals surface area contributed by atoms with E-state index < -0.39 is 17.0 Å². The van der Waals surface area contributed by atoms with Crippen LogP contribution in [0.5, 0.6) is 0 Å². The highest BCUT2D eigenvalue weighted by Crippen LogP contribution is 2.24. The van der Waals surface area contributed by atoms with Crippen LogP contribution in [0.25, 0.3) is 0 Å². The van der Waals surface area contributed by atoms with Crippen molar-refractivity contribution in [3.63, 3.8) is 0 Å². The number of sulfone groups is 1. The molecule has 2 aromatic rings. The van der Waals surface area contributed by atoms with E-state index in [9.17, 15) is 13.4 Å². The molecule has 0 unspecified atom stereocenters. The first kappa shape index (κ1) is 14.5. The molecule has 0 aliphatic carbocycles. The summed E-state index contributed by atoms with van der Waals surface area (Å²) in [5.41, 5.74) is 1.75. The van der Waals surface area contributed by atoms with E-state index in [-0.39, 0.29) is 17.4 Å². The highest BCUT2D eigenvalue weighted by Gasteiger charge is 2.29. The van der Waals surface area contributed by atoms with Gasteiger partial charge in [0.05, 0.1) is 12.4 Å². The second kappa shape index (κ2) is 5.42. The molecule has 8 heteroatoms. The minimum Gasteiger partial charge on any atom is -0.423 e. The second-order valence-electron chi connectivity index (χ2n) is 4.73. The van der Waals surface area contributed by atoms with Crippen LogP contribution in [-0.2, 0) is 26.9 Å². The number of rotatable bonds is 3. The molecule has 2 heterocycles. The number of hydrogen-bond donors (Lipinski definition) is 1. The molecule has 1 aliphatic heterocycles. The molecule has 1 aromatic heterocycles. The van der Waals surface area contributed by atoms with Crippen molar-refractivity contribution in [2.45, 2.75) is 17.4 Å². The van der Waals surface area contributed by atoms with E-state index in [1.165, 1.54) is 12.3 Å². The van der Waals surface area contributed by atoms with Crippen LogP contribution in [0.1, 0.15) is 11.1 Å². The Morgan fingerprint density at radius 3 is 2.90 bits per heavy atom. The van der Waals surface area contributed by atoms with Gasteiger partial charge in [-0.15, -0.1) is 0 Å². The molecular formula is C13H11BClNO4S. The Kier molecular flexibility index (Phi) is 3.75. The van der Waals surface area contributed by atoms with E-state index in [0.717, 1.165) is 5.56 Å². The van der Waals surface area contributed by atoms with Crippen LogP contribution >= 0.6 is 11.6 Å². The summed E-state index contributed by atoms with van der Waals surface area (Å²) in [4.78, 5) is 3.86. The van der Waals surface area contributed by atoms with Crippen LogP contribution in [0.3, 0.4) is 0 Å². The molecule has 0 amide bonds. The van der Waals surface area contributed by atoms with Gasteiger partial charge in [-0.2, -0.15) is 0 Å². The predicted molar refractivity (Wildman–Crippen MR) is 79.0 cm³/mol. The smallest absolute Gasteiger partial charge is 0.423 e. The molecule has 0 radical (unpaired) electrons. The monoisotopic (exact) mass is 323 g/mol. The number of benzene rings is 1. The fourth-order valence-electron chi connectivity index (χ4n) is 2.21. The number of pyridine rings is 1. The minimum absolute atomic E-state index is 0.00152. The molecule has 0 spiro atoms. The van der Waals surface area contributed by atoms with Gasteiger partial charge in [-0.3, -0.25) is 0 Å². The SMILES string of the molecule is O=S(=O)(Cc1cc2c(cc1Cl)COB2O)c1ccccn1. The lowest BCUT2D eigenvalue weighted by Crippen LogP contribution is -2.28. The summed E-state index contributed by atoms with van der Waals surface area (Å²) in [5.74, 6) is -0.275. The average molecular weight is 324 g/mol. The topological polar surface area (TPSA) is 76.5 Å². The lowest BCUT2D eigenvalue weighted by molar-refractivity contribution is 0.275. The molecule has 3 rings (SSSR count). The van der Waals surface area contributed by atoms with Gasteiger partial charge in [0, 0.05) is 11.2 Å². The number of fused-ring (bicyclic) bond motifs is 1. The lowest BCUT2D eigenvalue weighted by Gasteiger charge is -2.08. The largest absolute Gasteiger partial charge is 0.491 e.